The molecule has 0 fully saturated rings. The van der Waals surface area contributed by atoms with Crippen LogP contribution in [-0.2, 0) is 6.42 Å². The van der Waals surface area contributed by atoms with E-state index in [0.717, 1.165) is 24.3 Å². The van der Waals surface area contributed by atoms with Crippen LogP contribution in [0.3, 0.4) is 0 Å². The fourth-order valence-electron chi connectivity index (χ4n) is 2.57. The summed E-state index contributed by atoms with van der Waals surface area (Å²) in [5.41, 5.74) is 2.08. The summed E-state index contributed by atoms with van der Waals surface area (Å²) < 4.78 is 5.49. The van der Waals surface area contributed by atoms with E-state index in [1.807, 2.05) is 48.2 Å². The van der Waals surface area contributed by atoms with Gasteiger partial charge in [0.05, 0.1) is 12.3 Å². The van der Waals surface area contributed by atoms with E-state index in [2.05, 4.69) is 26.1 Å². The van der Waals surface area contributed by atoms with Crippen molar-refractivity contribution >= 4 is 11.7 Å². The van der Waals surface area contributed by atoms with Crippen LogP contribution in [0.1, 0.15) is 51.5 Å². The normalized spacial score (nSPS) is 12.2. The minimum absolute atomic E-state index is 0.0937. The average Bonchev–Trinajstić information content (AvgIpc) is 3.09. The molecule has 0 saturated carbocycles. The number of carbonyl (C=O) groups is 1. The predicted octanol–water partition coefficient (Wildman–Crippen LogP) is 5.48. The molecule has 0 aliphatic heterocycles. The molecule has 4 nitrogen and oxygen atoms in total. The van der Waals surface area contributed by atoms with Crippen LogP contribution in [0.25, 0.3) is 0 Å². The molecule has 0 spiro atoms. The number of rotatable bonds is 7. The smallest absolute Gasteiger partial charge is 0.322 e. The van der Waals surface area contributed by atoms with E-state index in [-0.39, 0.29) is 12.1 Å². The van der Waals surface area contributed by atoms with Crippen LogP contribution >= 0.6 is 0 Å². The Balaban J connectivity index is 2.10. The zero-order valence-electron chi connectivity index (χ0n) is 15.1. The maximum absolute atomic E-state index is 12.8. The van der Waals surface area contributed by atoms with Crippen molar-refractivity contribution in [3.8, 4) is 0 Å². The molecule has 0 aliphatic rings. The molecule has 0 radical (unpaired) electrons. The highest BCUT2D eigenvalue weighted by Gasteiger charge is 2.23. The Hall–Kier alpha value is -2.23. The summed E-state index contributed by atoms with van der Waals surface area (Å²) in [5, 5.41) is 3.01. The monoisotopic (exact) mass is 328 g/mol. The lowest BCUT2D eigenvalue weighted by Gasteiger charge is -2.29. The number of anilines is 1. The summed E-state index contributed by atoms with van der Waals surface area (Å²) in [5.74, 6) is 1.34. The third kappa shape index (κ3) is 4.88. The summed E-state index contributed by atoms with van der Waals surface area (Å²) in [6.07, 6.45) is 3.59. The lowest BCUT2D eigenvalue weighted by Crippen LogP contribution is -2.38. The van der Waals surface area contributed by atoms with Crippen LogP contribution in [0.2, 0.25) is 0 Å². The standard InChI is InChI=1S/C20H28N2O2/c1-5-17-8-10-18(11-9-17)21-20(23)22(13-12-15(2)3)16(4)19-7-6-14-24-19/h6-11,14-16H,5,12-13H2,1-4H3,(H,21,23)/t16-/m1/s1. The third-order valence-electron chi connectivity index (χ3n) is 4.24. The molecular formula is C20H28N2O2. The summed E-state index contributed by atoms with van der Waals surface area (Å²) in [7, 11) is 0. The molecule has 24 heavy (non-hydrogen) atoms. The number of benzene rings is 1. The molecule has 2 rings (SSSR count). The Bertz CT molecular complexity index is 618. The number of furan rings is 1. The molecule has 1 N–H and O–H groups in total. The molecule has 1 aromatic heterocycles. The van der Waals surface area contributed by atoms with Gasteiger partial charge in [0, 0.05) is 12.2 Å². The van der Waals surface area contributed by atoms with Gasteiger partial charge in [0.2, 0.25) is 0 Å². The number of hydrogen-bond acceptors (Lipinski definition) is 2. The lowest BCUT2D eigenvalue weighted by molar-refractivity contribution is 0.179. The predicted molar refractivity (Wildman–Crippen MR) is 98.1 cm³/mol. The van der Waals surface area contributed by atoms with Crippen LogP contribution in [0.4, 0.5) is 10.5 Å². The topological polar surface area (TPSA) is 45.5 Å². The first-order valence-electron chi connectivity index (χ1n) is 8.71. The number of hydrogen-bond donors (Lipinski definition) is 1. The zero-order chi connectivity index (χ0) is 17.5. The second kappa shape index (κ2) is 8.57. The second-order valence-corrected chi connectivity index (χ2v) is 6.55. The number of nitrogens with one attached hydrogen (secondary N) is 1. The van der Waals surface area contributed by atoms with E-state index in [0.29, 0.717) is 12.5 Å². The Labute approximate surface area is 144 Å². The Morgan fingerprint density at radius 1 is 1.17 bits per heavy atom. The van der Waals surface area contributed by atoms with Crippen molar-refractivity contribution in [3.05, 3.63) is 54.0 Å². The first kappa shape index (κ1) is 18.1. The van der Waals surface area contributed by atoms with E-state index in [1.165, 1.54) is 5.56 Å². The SMILES string of the molecule is CCc1ccc(NC(=O)N(CCC(C)C)[C@H](C)c2ccco2)cc1. The van der Waals surface area contributed by atoms with Crippen molar-refractivity contribution in [2.24, 2.45) is 5.92 Å². The maximum Gasteiger partial charge on any atom is 0.322 e. The largest absolute Gasteiger partial charge is 0.467 e. The number of urea groups is 1. The van der Waals surface area contributed by atoms with Gasteiger partial charge in [0.25, 0.3) is 0 Å². The van der Waals surface area contributed by atoms with Crippen molar-refractivity contribution < 1.29 is 9.21 Å². The first-order valence-corrected chi connectivity index (χ1v) is 8.71. The zero-order valence-corrected chi connectivity index (χ0v) is 15.1. The molecule has 1 heterocycles. The van der Waals surface area contributed by atoms with Gasteiger partial charge in [-0.05, 0) is 55.5 Å². The van der Waals surface area contributed by atoms with E-state index < -0.39 is 0 Å². The van der Waals surface area contributed by atoms with Gasteiger partial charge < -0.3 is 14.6 Å². The fourth-order valence-corrected chi connectivity index (χ4v) is 2.57. The number of aryl methyl sites for hydroxylation is 1. The molecule has 1 aromatic carbocycles. The quantitative estimate of drug-likeness (QED) is 0.731. The molecule has 2 amide bonds. The highest BCUT2D eigenvalue weighted by Crippen LogP contribution is 2.23. The highest BCUT2D eigenvalue weighted by atomic mass is 16.3. The number of nitrogens with zero attached hydrogens (tertiary/aromatic N) is 1. The summed E-state index contributed by atoms with van der Waals surface area (Å²) in [6, 6.07) is 11.6. The number of amides is 2. The van der Waals surface area contributed by atoms with Gasteiger partial charge in [0.15, 0.2) is 0 Å². The minimum Gasteiger partial charge on any atom is -0.467 e. The lowest BCUT2D eigenvalue weighted by atomic mass is 10.1. The Morgan fingerprint density at radius 3 is 2.42 bits per heavy atom. The molecule has 0 bridgehead atoms. The van der Waals surface area contributed by atoms with Gasteiger partial charge in [-0.25, -0.2) is 4.79 Å². The van der Waals surface area contributed by atoms with Gasteiger partial charge in [-0.3, -0.25) is 0 Å². The van der Waals surface area contributed by atoms with Gasteiger partial charge in [0.1, 0.15) is 5.76 Å². The molecule has 0 aliphatic carbocycles. The fraction of sp³-hybridized carbons (Fsp3) is 0.450. The van der Waals surface area contributed by atoms with Crippen LogP contribution in [-0.4, -0.2) is 17.5 Å². The molecule has 0 saturated heterocycles. The van der Waals surface area contributed by atoms with Crippen molar-refractivity contribution in [1.29, 1.82) is 0 Å². The average molecular weight is 328 g/mol. The summed E-state index contributed by atoms with van der Waals surface area (Å²) in [4.78, 5) is 14.6. The highest BCUT2D eigenvalue weighted by molar-refractivity contribution is 5.89. The van der Waals surface area contributed by atoms with Gasteiger partial charge in [-0.15, -0.1) is 0 Å². The van der Waals surface area contributed by atoms with E-state index >= 15 is 0 Å². The molecular weight excluding hydrogens is 300 g/mol. The Kier molecular flexibility index (Phi) is 6.47. The van der Waals surface area contributed by atoms with E-state index in [1.54, 1.807) is 6.26 Å². The molecule has 2 aromatic rings. The molecule has 130 valence electrons. The second-order valence-electron chi connectivity index (χ2n) is 6.55. The van der Waals surface area contributed by atoms with E-state index in [4.69, 9.17) is 4.42 Å². The first-order chi connectivity index (χ1) is 11.5. The molecule has 0 unspecified atom stereocenters. The van der Waals surface area contributed by atoms with Crippen LogP contribution in [0.15, 0.2) is 47.1 Å². The van der Waals surface area contributed by atoms with Crippen molar-refractivity contribution in [3.63, 3.8) is 0 Å². The van der Waals surface area contributed by atoms with Crippen LogP contribution in [0.5, 0.6) is 0 Å². The van der Waals surface area contributed by atoms with Gasteiger partial charge >= 0.3 is 6.03 Å². The third-order valence-corrected chi connectivity index (χ3v) is 4.24. The van der Waals surface area contributed by atoms with Crippen LogP contribution < -0.4 is 5.32 Å². The number of carbonyl (C=O) groups excluding carboxylic acids is 1. The van der Waals surface area contributed by atoms with Gasteiger partial charge in [-0.1, -0.05) is 32.9 Å². The minimum atomic E-state index is -0.103. The van der Waals surface area contributed by atoms with Crippen molar-refractivity contribution in [2.75, 3.05) is 11.9 Å². The van der Waals surface area contributed by atoms with Crippen molar-refractivity contribution in [2.45, 2.75) is 46.6 Å². The molecule has 4 heteroatoms. The van der Waals surface area contributed by atoms with Crippen LogP contribution in [0, 0.1) is 5.92 Å². The van der Waals surface area contributed by atoms with Gasteiger partial charge in [-0.2, -0.15) is 0 Å². The van der Waals surface area contributed by atoms with Crippen molar-refractivity contribution in [1.82, 2.24) is 4.90 Å². The molecule has 1 atom stereocenters. The summed E-state index contributed by atoms with van der Waals surface area (Å²) >= 11 is 0. The summed E-state index contributed by atoms with van der Waals surface area (Å²) in [6.45, 7) is 9.14. The maximum atomic E-state index is 12.8. The van der Waals surface area contributed by atoms with E-state index in [9.17, 15) is 4.79 Å². The Morgan fingerprint density at radius 2 is 1.88 bits per heavy atom.